The Morgan fingerprint density at radius 2 is 1.82 bits per heavy atom. The summed E-state index contributed by atoms with van der Waals surface area (Å²) >= 11 is 0. The zero-order valence-corrected chi connectivity index (χ0v) is 15.6. The molecular formula is C21H21N5O2. The average molecular weight is 375 g/mol. The minimum atomic E-state index is -0.177. The Labute approximate surface area is 161 Å². The van der Waals surface area contributed by atoms with Crippen molar-refractivity contribution < 1.29 is 4.79 Å². The number of benzene rings is 2. The molecule has 0 saturated heterocycles. The number of nitrogens with zero attached hydrogens (tertiary/aromatic N) is 3. The summed E-state index contributed by atoms with van der Waals surface area (Å²) in [7, 11) is 0. The second-order valence-corrected chi connectivity index (χ2v) is 6.68. The Morgan fingerprint density at radius 3 is 2.68 bits per heavy atom. The molecule has 1 amide bonds. The molecule has 0 aliphatic carbocycles. The Bertz CT molecular complexity index is 1210. The molecule has 2 aromatic carbocycles. The third-order valence-electron chi connectivity index (χ3n) is 4.75. The van der Waals surface area contributed by atoms with E-state index in [-0.39, 0.29) is 17.9 Å². The number of hydrogen-bond acceptors (Lipinski definition) is 4. The summed E-state index contributed by atoms with van der Waals surface area (Å²) in [6.45, 7) is 3.13. The second kappa shape index (κ2) is 7.64. The molecule has 0 bridgehead atoms. The van der Waals surface area contributed by atoms with Crippen LogP contribution in [0.15, 0.2) is 53.3 Å². The molecule has 0 saturated carbocycles. The number of nitrogens with one attached hydrogen (secondary N) is 2. The van der Waals surface area contributed by atoms with Gasteiger partial charge in [-0.2, -0.15) is 0 Å². The van der Waals surface area contributed by atoms with Crippen LogP contribution in [-0.2, 0) is 17.8 Å². The molecule has 2 heterocycles. The number of carbonyl (C=O) groups excluding carboxylic acids is 1. The van der Waals surface area contributed by atoms with Crippen LogP contribution in [0.1, 0.15) is 18.1 Å². The summed E-state index contributed by atoms with van der Waals surface area (Å²) in [6, 6.07) is 15.1. The highest BCUT2D eigenvalue weighted by Gasteiger charge is 2.09. The fourth-order valence-corrected chi connectivity index (χ4v) is 3.36. The predicted octanol–water partition coefficient (Wildman–Crippen LogP) is 2.33. The van der Waals surface area contributed by atoms with Crippen LogP contribution in [0.4, 0.5) is 0 Å². The second-order valence-electron chi connectivity index (χ2n) is 6.68. The van der Waals surface area contributed by atoms with E-state index < -0.39 is 0 Å². The zero-order valence-electron chi connectivity index (χ0n) is 15.6. The normalized spacial score (nSPS) is 11.2. The molecule has 0 radical (unpaired) electrons. The van der Waals surface area contributed by atoms with Gasteiger partial charge >= 0.3 is 0 Å². The van der Waals surface area contributed by atoms with Gasteiger partial charge in [-0.25, -0.2) is 9.97 Å². The molecule has 7 heteroatoms. The minimum absolute atomic E-state index is 0.0714. The van der Waals surface area contributed by atoms with Gasteiger partial charge in [-0.1, -0.05) is 24.3 Å². The SMILES string of the molecule is Cc1nc2ccccc2n1CCNC(=O)CCc1nc2ccccc2c(=O)[nH]1. The van der Waals surface area contributed by atoms with Crippen LogP contribution in [-0.4, -0.2) is 32.0 Å². The van der Waals surface area contributed by atoms with Crippen molar-refractivity contribution in [2.75, 3.05) is 6.54 Å². The topological polar surface area (TPSA) is 92.7 Å². The minimum Gasteiger partial charge on any atom is -0.354 e. The molecule has 28 heavy (non-hydrogen) atoms. The summed E-state index contributed by atoms with van der Waals surface area (Å²) in [5.74, 6) is 1.38. The number of imidazole rings is 1. The van der Waals surface area contributed by atoms with Crippen LogP contribution in [0.25, 0.3) is 21.9 Å². The Balaban J connectivity index is 1.34. The molecule has 0 atom stereocenters. The number of fused-ring (bicyclic) bond motifs is 2. The van der Waals surface area contributed by atoms with E-state index >= 15 is 0 Å². The van der Waals surface area contributed by atoms with E-state index in [0.717, 1.165) is 16.9 Å². The monoisotopic (exact) mass is 375 g/mol. The summed E-state index contributed by atoms with van der Waals surface area (Å²) in [5.41, 5.74) is 2.48. The fraction of sp³-hybridized carbons (Fsp3) is 0.238. The number of H-pyrrole nitrogens is 1. The van der Waals surface area contributed by atoms with Gasteiger partial charge in [-0.3, -0.25) is 9.59 Å². The lowest BCUT2D eigenvalue weighted by Crippen LogP contribution is -2.28. The van der Waals surface area contributed by atoms with E-state index in [0.29, 0.717) is 36.2 Å². The predicted molar refractivity (Wildman–Crippen MR) is 108 cm³/mol. The van der Waals surface area contributed by atoms with Crippen molar-refractivity contribution in [3.8, 4) is 0 Å². The lowest BCUT2D eigenvalue weighted by molar-refractivity contribution is -0.121. The zero-order chi connectivity index (χ0) is 19.5. The number of para-hydroxylation sites is 3. The van der Waals surface area contributed by atoms with E-state index in [1.165, 1.54) is 0 Å². The number of amides is 1. The van der Waals surface area contributed by atoms with Gasteiger partial charge in [-0.05, 0) is 31.2 Å². The van der Waals surface area contributed by atoms with Gasteiger partial charge in [0.25, 0.3) is 5.56 Å². The Kier molecular flexibility index (Phi) is 4.89. The summed E-state index contributed by atoms with van der Waals surface area (Å²) in [5, 5.41) is 3.48. The number of aromatic amines is 1. The molecular weight excluding hydrogens is 354 g/mol. The van der Waals surface area contributed by atoms with E-state index in [1.807, 2.05) is 37.3 Å². The molecule has 0 aliphatic heterocycles. The highest BCUT2D eigenvalue weighted by molar-refractivity contribution is 5.78. The van der Waals surface area contributed by atoms with Gasteiger partial charge in [0.05, 0.1) is 21.9 Å². The van der Waals surface area contributed by atoms with Crippen molar-refractivity contribution in [1.82, 2.24) is 24.8 Å². The van der Waals surface area contributed by atoms with Gasteiger partial charge in [0.1, 0.15) is 11.6 Å². The maximum absolute atomic E-state index is 12.2. The van der Waals surface area contributed by atoms with Crippen LogP contribution in [0.3, 0.4) is 0 Å². The molecule has 0 unspecified atom stereocenters. The van der Waals surface area contributed by atoms with Crippen molar-refractivity contribution in [2.24, 2.45) is 0 Å². The first-order valence-corrected chi connectivity index (χ1v) is 9.28. The number of rotatable bonds is 6. The number of aromatic nitrogens is 4. The van der Waals surface area contributed by atoms with Gasteiger partial charge in [0.2, 0.25) is 5.91 Å². The summed E-state index contributed by atoms with van der Waals surface area (Å²) < 4.78 is 2.10. The van der Waals surface area contributed by atoms with Crippen molar-refractivity contribution in [2.45, 2.75) is 26.3 Å². The first-order valence-electron chi connectivity index (χ1n) is 9.28. The molecule has 0 aliphatic rings. The van der Waals surface area contributed by atoms with Crippen LogP contribution in [0, 0.1) is 6.92 Å². The Morgan fingerprint density at radius 1 is 1.07 bits per heavy atom. The van der Waals surface area contributed by atoms with Gasteiger partial charge in [0, 0.05) is 25.9 Å². The third kappa shape index (κ3) is 3.64. The first kappa shape index (κ1) is 17.9. The highest BCUT2D eigenvalue weighted by Crippen LogP contribution is 2.14. The van der Waals surface area contributed by atoms with Crippen LogP contribution in [0.2, 0.25) is 0 Å². The highest BCUT2D eigenvalue weighted by atomic mass is 16.1. The van der Waals surface area contributed by atoms with Crippen molar-refractivity contribution in [3.05, 3.63) is 70.5 Å². The quantitative estimate of drug-likeness (QED) is 0.541. The number of aryl methyl sites for hydroxylation is 2. The maximum Gasteiger partial charge on any atom is 0.258 e. The average Bonchev–Trinajstić information content (AvgIpc) is 3.02. The fourth-order valence-electron chi connectivity index (χ4n) is 3.36. The number of hydrogen-bond donors (Lipinski definition) is 2. The van der Waals surface area contributed by atoms with E-state index in [2.05, 4.69) is 24.8 Å². The largest absolute Gasteiger partial charge is 0.354 e. The molecule has 7 nitrogen and oxygen atoms in total. The van der Waals surface area contributed by atoms with Gasteiger partial charge < -0.3 is 14.9 Å². The van der Waals surface area contributed by atoms with E-state index in [4.69, 9.17) is 0 Å². The van der Waals surface area contributed by atoms with Crippen LogP contribution < -0.4 is 10.9 Å². The van der Waals surface area contributed by atoms with Crippen LogP contribution >= 0.6 is 0 Å². The lowest BCUT2D eigenvalue weighted by atomic mass is 10.2. The van der Waals surface area contributed by atoms with Crippen molar-refractivity contribution in [3.63, 3.8) is 0 Å². The summed E-state index contributed by atoms with van der Waals surface area (Å²) in [6.07, 6.45) is 0.657. The number of carbonyl (C=O) groups is 1. The molecule has 4 rings (SSSR count). The molecule has 142 valence electrons. The molecule has 0 fully saturated rings. The van der Waals surface area contributed by atoms with Gasteiger partial charge in [0.15, 0.2) is 0 Å². The molecule has 4 aromatic rings. The Hall–Kier alpha value is -3.48. The first-order chi connectivity index (χ1) is 13.6. The molecule has 2 aromatic heterocycles. The summed E-state index contributed by atoms with van der Waals surface area (Å²) in [4.78, 5) is 36.0. The smallest absolute Gasteiger partial charge is 0.258 e. The molecule has 0 spiro atoms. The van der Waals surface area contributed by atoms with Crippen molar-refractivity contribution in [1.29, 1.82) is 0 Å². The van der Waals surface area contributed by atoms with Crippen molar-refractivity contribution >= 4 is 27.8 Å². The molecule has 2 N–H and O–H groups in total. The van der Waals surface area contributed by atoms with E-state index in [9.17, 15) is 9.59 Å². The third-order valence-corrected chi connectivity index (χ3v) is 4.75. The van der Waals surface area contributed by atoms with Crippen LogP contribution in [0.5, 0.6) is 0 Å². The maximum atomic E-state index is 12.2. The lowest BCUT2D eigenvalue weighted by Gasteiger charge is -2.09. The van der Waals surface area contributed by atoms with Gasteiger partial charge in [-0.15, -0.1) is 0 Å². The van der Waals surface area contributed by atoms with E-state index in [1.54, 1.807) is 18.2 Å². The standard InChI is InChI=1S/C21H21N5O2/c1-14-23-17-8-4-5-9-18(17)26(14)13-12-22-20(27)11-10-19-24-16-7-3-2-6-15(16)21(28)25-19/h2-9H,10-13H2,1H3,(H,22,27)(H,24,25,28).